The van der Waals surface area contributed by atoms with Gasteiger partial charge in [0.15, 0.2) is 6.04 Å². The van der Waals surface area contributed by atoms with Gasteiger partial charge in [-0.1, -0.05) is 13.8 Å². The highest BCUT2D eigenvalue weighted by Gasteiger charge is 2.35. The molecule has 0 spiro atoms. The van der Waals surface area contributed by atoms with Crippen LogP contribution < -0.4 is 14.5 Å². The van der Waals surface area contributed by atoms with Crippen LogP contribution in [-0.4, -0.2) is 53.5 Å². The Morgan fingerprint density at radius 3 is 2.23 bits per heavy atom. The maximum Gasteiger partial charge on any atom is 0.209 e. The molecule has 1 atom stereocenters. The van der Waals surface area contributed by atoms with Gasteiger partial charge < -0.3 is 14.5 Å². The second kappa shape index (κ2) is 8.03. The van der Waals surface area contributed by atoms with E-state index in [1.165, 1.54) is 5.69 Å². The minimum atomic E-state index is 0.279. The van der Waals surface area contributed by atoms with Gasteiger partial charge in [0, 0.05) is 11.6 Å². The number of hydrogen-bond acceptors (Lipinski definition) is 5. The number of rotatable bonds is 6. The number of anilines is 1. The zero-order chi connectivity index (χ0) is 18.7. The highest BCUT2D eigenvalue weighted by molar-refractivity contribution is 5.49. The summed E-state index contributed by atoms with van der Waals surface area (Å²) in [6.07, 6.45) is 0. The first-order chi connectivity index (χ1) is 12.5. The molecule has 1 N–H and O–H groups in total. The molecule has 7 nitrogen and oxygen atoms in total. The molecule has 1 aliphatic heterocycles. The Hall–Kier alpha value is -2.15. The van der Waals surface area contributed by atoms with Crippen LogP contribution in [0.4, 0.5) is 5.69 Å². The third kappa shape index (κ3) is 3.82. The summed E-state index contributed by atoms with van der Waals surface area (Å²) >= 11 is 0. The standard InChI is InChI=1S/C19H30N6O/c1-14(2)18(19-20-21-22-25(19)15(3)4)24-12-10-23(11-13-24)16-6-8-17(26-5)9-7-16/h6-9,14-15,18H,10-13H2,1-5H3/p+1/t18-/m0/s1. The van der Waals surface area contributed by atoms with Gasteiger partial charge in [-0.25, -0.2) is 4.68 Å². The smallest absolute Gasteiger partial charge is 0.209 e. The lowest BCUT2D eigenvalue weighted by Gasteiger charge is -2.38. The van der Waals surface area contributed by atoms with E-state index in [-0.39, 0.29) is 6.04 Å². The van der Waals surface area contributed by atoms with Gasteiger partial charge in [-0.3, -0.25) is 0 Å². The maximum atomic E-state index is 5.26. The van der Waals surface area contributed by atoms with Gasteiger partial charge in [0.1, 0.15) is 5.75 Å². The molecular formula is C19H31N6O+. The Kier molecular flexibility index (Phi) is 5.76. The number of ether oxygens (including phenoxy) is 1. The van der Waals surface area contributed by atoms with Crippen LogP contribution in [0.1, 0.15) is 45.6 Å². The van der Waals surface area contributed by atoms with Crippen LogP contribution in [0.3, 0.4) is 0 Å². The number of hydrogen-bond donors (Lipinski definition) is 1. The van der Waals surface area contributed by atoms with Crippen molar-refractivity contribution in [2.24, 2.45) is 5.92 Å². The second-order valence-electron chi connectivity index (χ2n) is 7.64. The third-order valence-electron chi connectivity index (χ3n) is 5.24. The fourth-order valence-electron chi connectivity index (χ4n) is 3.88. The molecule has 1 fully saturated rings. The Bertz CT molecular complexity index is 688. The molecule has 2 aromatic rings. The lowest BCUT2D eigenvalue weighted by atomic mass is 10.0. The molecule has 1 aliphatic rings. The lowest BCUT2D eigenvalue weighted by Crippen LogP contribution is -3.15. The molecule has 1 aromatic carbocycles. The van der Waals surface area contributed by atoms with Crippen LogP contribution in [0.25, 0.3) is 0 Å². The predicted octanol–water partition coefficient (Wildman–Crippen LogP) is 1.36. The fraction of sp³-hybridized carbons (Fsp3) is 0.632. The van der Waals surface area contributed by atoms with Crippen LogP contribution in [0, 0.1) is 5.92 Å². The summed E-state index contributed by atoms with van der Waals surface area (Å²) in [6, 6.07) is 8.95. The summed E-state index contributed by atoms with van der Waals surface area (Å²) in [4.78, 5) is 4.02. The fourth-order valence-corrected chi connectivity index (χ4v) is 3.88. The number of quaternary nitrogens is 1. The van der Waals surface area contributed by atoms with Crippen molar-refractivity contribution in [1.82, 2.24) is 20.2 Å². The topological polar surface area (TPSA) is 60.5 Å². The second-order valence-corrected chi connectivity index (χ2v) is 7.64. The van der Waals surface area contributed by atoms with Gasteiger partial charge in [-0.15, -0.1) is 5.10 Å². The Morgan fingerprint density at radius 2 is 1.69 bits per heavy atom. The molecule has 2 heterocycles. The van der Waals surface area contributed by atoms with E-state index in [0.29, 0.717) is 12.0 Å². The molecule has 142 valence electrons. The van der Waals surface area contributed by atoms with Crippen molar-refractivity contribution in [3.8, 4) is 5.75 Å². The minimum Gasteiger partial charge on any atom is -0.497 e. The van der Waals surface area contributed by atoms with Crippen molar-refractivity contribution < 1.29 is 9.64 Å². The van der Waals surface area contributed by atoms with E-state index in [0.717, 1.165) is 37.8 Å². The Morgan fingerprint density at radius 1 is 1.04 bits per heavy atom. The van der Waals surface area contributed by atoms with E-state index in [9.17, 15) is 0 Å². The molecule has 26 heavy (non-hydrogen) atoms. The average Bonchev–Trinajstić information content (AvgIpc) is 3.12. The number of piperazine rings is 1. The van der Waals surface area contributed by atoms with Crippen LogP contribution in [0.5, 0.6) is 5.75 Å². The average molecular weight is 359 g/mol. The lowest BCUT2D eigenvalue weighted by molar-refractivity contribution is -0.937. The van der Waals surface area contributed by atoms with Crippen molar-refractivity contribution in [2.45, 2.75) is 39.8 Å². The number of methoxy groups -OCH3 is 1. The zero-order valence-corrected chi connectivity index (χ0v) is 16.5. The summed E-state index contributed by atoms with van der Waals surface area (Å²) < 4.78 is 7.24. The van der Waals surface area contributed by atoms with Gasteiger partial charge in [0.2, 0.25) is 5.82 Å². The van der Waals surface area contributed by atoms with Gasteiger partial charge in [-0.05, 0) is 48.5 Å². The van der Waals surface area contributed by atoms with E-state index < -0.39 is 0 Å². The van der Waals surface area contributed by atoms with Crippen molar-refractivity contribution in [3.05, 3.63) is 30.1 Å². The van der Waals surface area contributed by atoms with Crippen LogP contribution in [-0.2, 0) is 0 Å². The van der Waals surface area contributed by atoms with Crippen LogP contribution in [0.2, 0.25) is 0 Å². The van der Waals surface area contributed by atoms with Gasteiger partial charge in [0.05, 0.1) is 39.3 Å². The summed E-state index contributed by atoms with van der Waals surface area (Å²) in [7, 11) is 1.70. The summed E-state index contributed by atoms with van der Waals surface area (Å²) in [5.41, 5.74) is 1.26. The molecular weight excluding hydrogens is 328 g/mol. The van der Waals surface area contributed by atoms with Gasteiger partial charge in [0.25, 0.3) is 0 Å². The van der Waals surface area contributed by atoms with E-state index >= 15 is 0 Å². The SMILES string of the molecule is COc1ccc(N2CC[NH+]([C@H](c3nnnn3C(C)C)C(C)C)CC2)cc1. The Balaban J connectivity index is 1.71. The van der Waals surface area contributed by atoms with Crippen LogP contribution in [0.15, 0.2) is 24.3 Å². The van der Waals surface area contributed by atoms with Crippen molar-refractivity contribution in [1.29, 1.82) is 0 Å². The largest absolute Gasteiger partial charge is 0.497 e. The Labute approximate surface area is 155 Å². The first kappa shape index (κ1) is 18.6. The first-order valence-electron chi connectivity index (χ1n) is 9.52. The normalized spacial score (nSPS) is 17.1. The highest BCUT2D eigenvalue weighted by Crippen LogP contribution is 2.21. The number of benzene rings is 1. The molecule has 0 aliphatic carbocycles. The van der Waals surface area contributed by atoms with Gasteiger partial charge >= 0.3 is 0 Å². The van der Waals surface area contributed by atoms with Crippen molar-refractivity contribution >= 4 is 5.69 Å². The van der Waals surface area contributed by atoms with E-state index in [1.54, 1.807) is 12.0 Å². The number of aromatic nitrogens is 4. The molecule has 0 bridgehead atoms. The molecule has 0 unspecified atom stereocenters. The molecule has 1 aromatic heterocycles. The monoisotopic (exact) mass is 359 g/mol. The maximum absolute atomic E-state index is 5.26. The highest BCUT2D eigenvalue weighted by atomic mass is 16.5. The third-order valence-corrected chi connectivity index (χ3v) is 5.24. The predicted molar refractivity (Wildman–Crippen MR) is 102 cm³/mol. The van der Waals surface area contributed by atoms with E-state index in [2.05, 4.69) is 60.3 Å². The zero-order valence-electron chi connectivity index (χ0n) is 16.5. The number of tetrazole rings is 1. The molecule has 1 saturated heterocycles. The molecule has 0 saturated carbocycles. The molecule has 3 rings (SSSR count). The van der Waals surface area contributed by atoms with Crippen molar-refractivity contribution in [2.75, 3.05) is 38.2 Å². The van der Waals surface area contributed by atoms with E-state index in [4.69, 9.17) is 4.74 Å². The van der Waals surface area contributed by atoms with E-state index in [1.807, 2.05) is 16.8 Å². The summed E-state index contributed by atoms with van der Waals surface area (Å²) in [5.74, 6) is 2.40. The number of nitrogens with one attached hydrogen (secondary N) is 1. The van der Waals surface area contributed by atoms with Gasteiger partial charge in [-0.2, -0.15) is 0 Å². The minimum absolute atomic E-state index is 0.279. The summed E-state index contributed by atoms with van der Waals surface area (Å²) in [5, 5.41) is 12.5. The van der Waals surface area contributed by atoms with Crippen molar-refractivity contribution in [3.63, 3.8) is 0 Å². The molecule has 0 amide bonds. The number of nitrogens with zero attached hydrogens (tertiary/aromatic N) is 5. The molecule has 7 heteroatoms. The first-order valence-corrected chi connectivity index (χ1v) is 9.52. The van der Waals surface area contributed by atoms with Crippen LogP contribution >= 0.6 is 0 Å². The summed E-state index contributed by atoms with van der Waals surface area (Å²) in [6.45, 7) is 13.0. The quantitative estimate of drug-likeness (QED) is 0.844. The molecule has 0 radical (unpaired) electrons.